The summed E-state index contributed by atoms with van der Waals surface area (Å²) >= 11 is 1.53. The fraction of sp³-hybridized carbons (Fsp3) is 0.375. The molecule has 0 aromatic heterocycles. The van der Waals surface area contributed by atoms with Crippen molar-refractivity contribution in [3.63, 3.8) is 0 Å². The first-order valence-electron chi connectivity index (χ1n) is 3.24. The standard InChI is InChI=1S/C8H10.W/c1-2-5-8-6-3-4-7-8;/h1-2,5-6H,3-4,7H2;/b5-2-;. The molecule has 0 fully saturated rings. The van der Waals surface area contributed by atoms with Gasteiger partial charge in [0.15, 0.2) is 0 Å². The van der Waals surface area contributed by atoms with Gasteiger partial charge in [0.2, 0.25) is 0 Å². The monoisotopic (exact) mass is 290 g/mol. The molecule has 0 aliphatic heterocycles. The molecule has 0 amide bonds. The van der Waals surface area contributed by atoms with Crippen LogP contribution in [0.4, 0.5) is 0 Å². The first kappa shape index (κ1) is 7.15. The Kier molecular flexibility index (Phi) is 3.14. The van der Waals surface area contributed by atoms with Gasteiger partial charge in [-0.1, -0.05) is 0 Å². The SMILES string of the molecule is [W]=[CH]/C=C\C1=CCCC1. The Labute approximate surface area is 67.1 Å². The van der Waals surface area contributed by atoms with Gasteiger partial charge in [0.25, 0.3) is 0 Å². The van der Waals surface area contributed by atoms with Gasteiger partial charge < -0.3 is 0 Å². The minimum atomic E-state index is 1.29. The van der Waals surface area contributed by atoms with Crippen LogP contribution in [0.2, 0.25) is 0 Å². The van der Waals surface area contributed by atoms with Crippen LogP contribution in [-0.2, 0) is 19.4 Å². The van der Waals surface area contributed by atoms with E-state index in [0.29, 0.717) is 0 Å². The zero-order chi connectivity index (χ0) is 6.53. The number of hydrogen-bond donors (Lipinski definition) is 0. The summed E-state index contributed by atoms with van der Waals surface area (Å²) in [6, 6.07) is 0. The van der Waals surface area contributed by atoms with E-state index >= 15 is 0 Å². The number of hydrogen-bond acceptors (Lipinski definition) is 0. The van der Waals surface area contributed by atoms with Crippen molar-refractivity contribution in [3.05, 3.63) is 23.8 Å². The van der Waals surface area contributed by atoms with Crippen molar-refractivity contribution < 1.29 is 19.4 Å². The van der Waals surface area contributed by atoms with E-state index in [9.17, 15) is 0 Å². The minimum absolute atomic E-state index is 1.29. The molecule has 0 nitrogen and oxygen atoms in total. The van der Waals surface area contributed by atoms with E-state index in [1.807, 2.05) is 0 Å². The second-order valence-corrected chi connectivity index (χ2v) is 3.14. The summed E-state index contributed by atoms with van der Waals surface area (Å²) in [5, 5.41) is 0. The number of rotatable bonds is 2. The molecular weight excluding hydrogens is 280 g/mol. The van der Waals surface area contributed by atoms with Crippen molar-refractivity contribution in [2.24, 2.45) is 0 Å². The predicted molar refractivity (Wildman–Crippen MR) is 37.1 cm³/mol. The van der Waals surface area contributed by atoms with Crippen LogP contribution >= 0.6 is 0 Å². The van der Waals surface area contributed by atoms with E-state index in [1.165, 1.54) is 44.2 Å². The Morgan fingerprint density at radius 2 is 2.44 bits per heavy atom. The average Bonchev–Trinajstić information content (AvgIpc) is 2.34. The van der Waals surface area contributed by atoms with Crippen LogP contribution in [0.15, 0.2) is 23.8 Å². The molecule has 48 valence electrons. The van der Waals surface area contributed by atoms with E-state index in [2.05, 4.69) is 22.6 Å². The molecule has 0 aromatic rings. The van der Waals surface area contributed by atoms with Crippen molar-refractivity contribution in [2.75, 3.05) is 0 Å². The summed E-state index contributed by atoms with van der Waals surface area (Å²) in [6.45, 7) is 0. The molecule has 1 heteroatoms. The second kappa shape index (κ2) is 3.95. The van der Waals surface area contributed by atoms with Gasteiger partial charge in [-0.3, -0.25) is 0 Å². The van der Waals surface area contributed by atoms with Gasteiger partial charge in [-0.2, -0.15) is 0 Å². The zero-order valence-electron chi connectivity index (χ0n) is 5.34. The van der Waals surface area contributed by atoms with Crippen LogP contribution in [0.25, 0.3) is 0 Å². The van der Waals surface area contributed by atoms with E-state index in [-0.39, 0.29) is 0 Å². The van der Waals surface area contributed by atoms with Gasteiger partial charge in [-0.05, 0) is 0 Å². The molecule has 0 saturated carbocycles. The molecule has 0 radical (unpaired) electrons. The third-order valence-electron chi connectivity index (χ3n) is 1.46. The van der Waals surface area contributed by atoms with Crippen LogP contribution in [0.5, 0.6) is 0 Å². The molecule has 0 unspecified atom stereocenters. The van der Waals surface area contributed by atoms with Crippen LogP contribution < -0.4 is 0 Å². The van der Waals surface area contributed by atoms with Crippen LogP contribution in [0.1, 0.15) is 19.3 Å². The van der Waals surface area contributed by atoms with Crippen LogP contribution in [0.3, 0.4) is 0 Å². The van der Waals surface area contributed by atoms with Gasteiger partial charge in [0.1, 0.15) is 0 Å². The van der Waals surface area contributed by atoms with E-state index in [0.717, 1.165) is 0 Å². The maximum absolute atomic E-state index is 2.33. The van der Waals surface area contributed by atoms with Crippen molar-refractivity contribution >= 4 is 4.40 Å². The Bertz CT molecular complexity index is 154. The molecule has 0 bridgehead atoms. The van der Waals surface area contributed by atoms with Crippen molar-refractivity contribution in [2.45, 2.75) is 19.3 Å². The Hall–Kier alpha value is 0.0383. The molecular formula is C8H10W. The summed E-state index contributed by atoms with van der Waals surface area (Å²) in [5.74, 6) is 0. The molecule has 0 aromatic carbocycles. The van der Waals surface area contributed by atoms with Crippen molar-refractivity contribution in [1.29, 1.82) is 0 Å². The zero-order valence-corrected chi connectivity index (χ0v) is 8.27. The fourth-order valence-electron chi connectivity index (χ4n) is 1.01. The second-order valence-electron chi connectivity index (χ2n) is 2.17. The van der Waals surface area contributed by atoms with Gasteiger partial charge in [-0.15, -0.1) is 0 Å². The summed E-state index contributed by atoms with van der Waals surface area (Å²) in [7, 11) is 0. The van der Waals surface area contributed by atoms with Gasteiger partial charge >= 0.3 is 66.8 Å². The molecule has 0 heterocycles. The Balaban J connectivity index is 2.42. The molecule has 0 atom stereocenters. The van der Waals surface area contributed by atoms with E-state index in [1.54, 1.807) is 0 Å². The van der Waals surface area contributed by atoms with Crippen LogP contribution in [0, 0.1) is 0 Å². The summed E-state index contributed by atoms with van der Waals surface area (Å²) in [6.07, 6.45) is 10.6. The third-order valence-corrected chi connectivity index (χ3v) is 2.03. The summed E-state index contributed by atoms with van der Waals surface area (Å²) in [5.41, 5.74) is 1.52. The molecule has 1 aliphatic rings. The molecule has 1 aliphatic carbocycles. The first-order valence-corrected chi connectivity index (χ1v) is 4.94. The third kappa shape index (κ3) is 2.41. The van der Waals surface area contributed by atoms with Crippen LogP contribution in [-0.4, -0.2) is 4.40 Å². The molecule has 0 spiro atoms. The molecule has 9 heavy (non-hydrogen) atoms. The molecule has 0 saturated heterocycles. The topological polar surface area (TPSA) is 0 Å². The first-order chi connectivity index (χ1) is 4.43. The molecule has 0 N–H and O–H groups in total. The molecule has 1 rings (SSSR count). The van der Waals surface area contributed by atoms with Gasteiger partial charge in [0.05, 0.1) is 0 Å². The summed E-state index contributed by atoms with van der Waals surface area (Å²) in [4.78, 5) is 0. The number of allylic oxidation sites excluding steroid dienone is 4. The fourth-order valence-corrected chi connectivity index (χ4v) is 1.29. The van der Waals surface area contributed by atoms with Gasteiger partial charge in [-0.25, -0.2) is 0 Å². The maximum atomic E-state index is 2.33. The van der Waals surface area contributed by atoms with Crippen molar-refractivity contribution in [3.8, 4) is 0 Å². The Morgan fingerprint density at radius 1 is 1.56 bits per heavy atom. The van der Waals surface area contributed by atoms with E-state index in [4.69, 9.17) is 0 Å². The van der Waals surface area contributed by atoms with Crippen molar-refractivity contribution in [1.82, 2.24) is 0 Å². The Morgan fingerprint density at radius 3 is 3.00 bits per heavy atom. The predicted octanol–water partition coefficient (Wildman–Crippen LogP) is 2.00. The average molecular weight is 290 g/mol. The van der Waals surface area contributed by atoms with Gasteiger partial charge in [0, 0.05) is 0 Å². The summed E-state index contributed by atoms with van der Waals surface area (Å²) < 4.78 is 2.15. The van der Waals surface area contributed by atoms with E-state index < -0.39 is 0 Å². The quantitative estimate of drug-likeness (QED) is 0.729. The normalized spacial score (nSPS) is 18.4.